The zero-order valence-electron chi connectivity index (χ0n) is 20.5. The molecule has 1 fully saturated rings. The molecule has 4 rings (SSSR count). The lowest BCUT2D eigenvalue weighted by Gasteiger charge is -2.32. The number of carbonyl (C=O) groups is 2. The number of nitrogens with one attached hydrogen (secondary N) is 2. The lowest BCUT2D eigenvalue weighted by molar-refractivity contribution is -0.138. The van der Waals surface area contributed by atoms with E-state index in [9.17, 15) is 22.8 Å². The highest BCUT2D eigenvalue weighted by Gasteiger charge is 2.30. The number of aliphatic carboxylic acids is 1. The van der Waals surface area contributed by atoms with Crippen LogP contribution in [0.4, 0.5) is 19.0 Å². The molecule has 0 aliphatic carbocycles. The van der Waals surface area contributed by atoms with Crippen LogP contribution in [0.3, 0.4) is 0 Å². The molecule has 1 amide bonds. The molecule has 1 aliphatic rings. The first-order chi connectivity index (χ1) is 18.2. The second-order valence-corrected chi connectivity index (χ2v) is 9.10. The van der Waals surface area contributed by atoms with E-state index in [1.165, 1.54) is 18.3 Å². The molecule has 3 N–H and O–H groups in total. The van der Waals surface area contributed by atoms with Crippen molar-refractivity contribution in [3.05, 3.63) is 83.6 Å². The minimum absolute atomic E-state index is 0.0302. The summed E-state index contributed by atoms with van der Waals surface area (Å²) < 4.78 is 44.2. The summed E-state index contributed by atoms with van der Waals surface area (Å²) in [7, 11) is 0. The molecule has 3 aromatic rings. The zero-order valence-corrected chi connectivity index (χ0v) is 20.5. The van der Waals surface area contributed by atoms with Gasteiger partial charge in [0.2, 0.25) is 0 Å². The number of benzene rings is 2. The van der Waals surface area contributed by atoms with Crippen molar-refractivity contribution >= 4 is 17.7 Å². The number of carboxylic acid groups (broad SMARTS) is 1. The summed E-state index contributed by atoms with van der Waals surface area (Å²) in [6.07, 6.45) is -1.40. The third-order valence-corrected chi connectivity index (χ3v) is 6.51. The van der Waals surface area contributed by atoms with Gasteiger partial charge in [0, 0.05) is 26.0 Å². The number of anilines is 1. The molecule has 38 heavy (non-hydrogen) atoms. The molecule has 0 unspecified atom stereocenters. The highest BCUT2D eigenvalue weighted by molar-refractivity contribution is 5.94. The van der Waals surface area contributed by atoms with Crippen molar-refractivity contribution in [2.45, 2.75) is 31.5 Å². The van der Waals surface area contributed by atoms with Gasteiger partial charge in [0.1, 0.15) is 5.82 Å². The van der Waals surface area contributed by atoms with Gasteiger partial charge in [0.15, 0.2) is 0 Å². The van der Waals surface area contributed by atoms with Gasteiger partial charge in [-0.15, -0.1) is 0 Å². The second kappa shape index (κ2) is 12.1. The van der Waals surface area contributed by atoms with Gasteiger partial charge in [-0.3, -0.25) is 9.59 Å². The van der Waals surface area contributed by atoms with Crippen LogP contribution in [-0.2, 0) is 15.7 Å². The monoisotopic (exact) mass is 527 g/mol. The normalized spacial score (nSPS) is 15.0. The fourth-order valence-electron chi connectivity index (χ4n) is 4.41. The van der Waals surface area contributed by atoms with E-state index in [2.05, 4.69) is 15.6 Å². The molecule has 0 spiro atoms. The maximum Gasteiger partial charge on any atom is 0.416 e. The summed E-state index contributed by atoms with van der Waals surface area (Å²) in [6.45, 7) is 1.33. The van der Waals surface area contributed by atoms with Crippen LogP contribution in [0.15, 0.2) is 66.9 Å². The van der Waals surface area contributed by atoms with E-state index in [4.69, 9.17) is 9.84 Å². The van der Waals surface area contributed by atoms with Gasteiger partial charge in [0.25, 0.3) is 5.91 Å². The fraction of sp³-hybridized carbons (Fsp3) is 0.321. The highest BCUT2D eigenvalue weighted by Crippen LogP contribution is 2.35. The third kappa shape index (κ3) is 7.10. The standard InChI is InChI=1S/C28H28F3N3O4/c29-28(30,31)23-8-5-19(6-9-23)18-1-3-20(4-2-18)26(21-12-15-38-16-13-21)34-24-10-7-22(17-33-24)27(37)32-14-11-25(35)36/h1-10,17,21,26H,11-16H2,(H,32,37)(H,33,34)(H,35,36)/t26-/m0/s1. The van der Waals surface area contributed by atoms with E-state index in [0.717, 1.165) is 36.1 Å². The average molecular weight is 528 g/mol. The molecule has 0 saturated carbocycles. The van der Waals surface area contributed by atoms with Crippen molar-refractivity contribution in [2.24, 2.45) is 5.92 Å². The van der Waals surface area contributed by atoms with Crippen molar-refractivity contribution in [3.8, 4) is 11.1 Å². The van der Waals surface area contributed by atoms with Crippen LogP contribution < -0.4 is 10.6 Å². The van der Waals surface area contributed by atoms with E-state index in [0.29, 0.717) is 30.2 Å². The molecule has 200 valence electrons. The second-order valence-electron chi connectivity index (χ2n) is 9.10. The Labute approximate surface area is 218 Å². The number of carboxylic acids is 1. The number of hydrogen-bond acceptors (Lipinski definition) is 5. The van der Waals surface area contributed by atoms with E-state index >= 15 is 0 Å². The van der Waals surface area contributed by atoms with Crippen molar-refractivity contribution in [1.82, 2.24) is 10.3 Å². The van der Waals surface area contributed by atoms with Gasteiger partial charge in [-0.25, -0.2) is 4.98 Å². The Hall–Kier alpha value is -3.92. The summed E-state index contributed by atoms with van der Waals surface area (Å²) in [5.41, 5.74) is 2.15. The summed E-state index contributed by atoms with van der Waals surface area (Å²) in [5, 5.41) is 14.7. The van der Waals surface area contributed by atoms with Crippen molar-refractivity contribution in [3.63, 3.8) is 0 Å². The number of carbonyl (C=O) groups excluding carboxylic acids is 1. The molecule has 1 atom stereocenters. The zero-order chi connectivity index (χ0) is 27.1. The largest absolute Gasteiger partial charge is 0.481 e. The van der Waals surface area contributed by atoms with Gasteiger partial charge in [-0.1, -0.05) is 36.4 Å². The van der Waals surface area contributed by atoms with Crippen molar-refractivity contribution in [1.29, 1.82) is 0 Å². The quantitative estimate of drug-likeness (QED) is 0.337. The maximum absolute atomic E-state index is 12.9. The Bertz CT molecular complexity index is 1220. The smallest absolute Gasteiger partial charge is 0.416 e. The molecular formula is C28H28F3N3O4. The van der Waals surface area contributed by atoms with E-state index in [-0.39, 0.29) is 24.9 Å². The molecule has 0 bridgehead atoms. The predicted molar refractivity (Wildman–Crippen MR) is 136 cm³/mol. The van der Waals surface area contributed by atoms with E-state index in [1.54, 1.807) is 12.1 Å². The Morgan fingerprint density at radius 3 is 2.16 bits per heavy atom. The summed E-state index contributed by atoms with van der Waals surface area (Å²) in [4.78, 5) is 27.2. The number of pyridine rings is 1. The summed E-state index contributed by atoms with van der Waals surface area (Å²) in [6, 6.07) is 16.0. The first-order valence-corrected chi connectivity index (χ1v) is 12.3. The lowest BCUT2D eigenvalue weighted by Crippen LogP contribution is -2.28. The number of halogens is 3. The third-order valence-electron chi connectivity index (χ3n) is 6.51. The molecule has 2 heterocycles. The molecule has 2 aromatic carbocycles. The van der Waals surface area contributed by atoms with Gasteiger partial charge in [-0.2, -0.15) is 13.2 Å². The van der Waals surface area contributed by atoms with Crippen LogP contribution in [0.2, 0.25) is 0 Å². The molecule has 1 saturated heterocycles. The summed E-state index contributed by atoms with van der Waals surface area (Å²) in [5.74, 6) is -0.545. The Kier molecular flexibility index (Phi) is 8.62. The highest BCUT2D eigenvalue weighted by atomic mass is 19.4. The number of rotatable bonds is 9. The minimum atomic E-state index is -4.37. The van der Waals surface area contributed by atoms with Crippen LogP contribution in [-0.4, -0.2) is 41.7 Å². The van der Waals surface area contributed by atoms with Gasteiger partial charge in [-0.05, 0) is 59.7 Å². The van der Waals surface area contributed by atoms with Crippen LogP contribution in [0.25, 0.3) is 11.1 Å². The Balaban J connectivity index is 1.49. The van der Waals surface area contributed by atoms with Gasteiger partial charge >= 0.3 is 12.1 Å². The number of amides is 1. The Morgan fingerprint density at radius 1 is 0.974 bits per heavy atom. The lowest BCUT2D eigenvalue weighted by atomic mass is 9.86. The first-order valence-electron chi connectivity index (χ1n) is 12.3. The minimum Gasteiger partial charge on any atom is -0.481 e. The van der Waals surface area contributed by atoms with Crippen molar-refractivity contribution in [2.75, 3.05) is 25.1 Å². The number of alkyl halides is 3. The van der Waals surface area contributed by atoms with Gasteiger partial charge < -0.3 is 20.5 Å². The van der Waals surface area contributed by atoms with E-state index in [1.807, 2.05) is 24.3 Å². The molecule has 1 aromatic heterocycles. The van der Waals surface area contributed by atoms with E-state index < -0.39 is 23.6 Å². The average Bonchev–Trinajstić information content (AvgIpc) is 2.92. The number of hydrogen-bond donors (Lipinski definition) is 3. The molecule has 7 nitrogen and oxygen atoms in total. The Morgan fingerprint density at radius 2 is 1.61 bits per heavy atom. The fourth-order valence-corrected chi connectivity index (χ4v) is 4.41. The van der Waals surface area contributed by atoms with Crippen LogP contribution in [0.5, 0.6) is 0 Å². The number of aromatic nitrogens is 1. The van der Waals surface area contributed by atoms with Gasteiger partial charge in [0.05, 0.1) is 23.6 Å². The molecule has 0 radical (unpaired) electrons. The predicted octanol–water partition coefficient (Wildman–Crippen LogP) is 5.55. The topological polar surface area (TPSA) is 101 Å². The molecule has 10 heteroatoms. The van der Waals surface area contributed by atoms with Crippen LogP contribution >= 0.6 is 0 Å². The molecule has 1 aliphatic heterocycles. The van der Waals surface area contributed by atoms with Crippen molar-refractivity contribution < 1.29 is 32.6 Å². The SMILES string of the molecule is O=C(O)CCNC(=O)c1ccc(N[C@@H](c2ccc(-c3ccc(C(F)(F)F)cc3)cc2)C2CCOCC2)nc1. The first kappa shape index (κ1) is 27.1. The van der Waals surface area contributed by atoms with Crippen LogP contribution in [0.1, 0.15) is 46.8 Å². The van der Waals surface area contributed by atoms with Crippen LogP contribution in [0, 0.1) is 5.92 Å². The number of ether oxygens (including phenoxy) is 1. The summed E-state index contributed by atoms with van der Waals surface area (Å²) >= 11 is 0. The maximum atomic E-state index is 12.9. The molecular weight excluding hydrogens is 499 g/mol. The number of nitrogens with zero attached hydrogens (tertiary/aromatic N) is 1.